The molecule has 64 heavy (non-hydrogen) atoms. The van der Waals surface area contributed by atoms with Crippen LogP contribution in [0.1, 0.15) is 22.3 Å². The highest BCUT2D eigenvalue weighted by Crippen LogP contribution is 2.34. The molecule has 2 aliphatic rings. The monoisotopic (exact) mass is 866 g/mol. The molecule has 6 aromatic rings. The Morgan fingerprint density at radius 3 is 0.984 bits per heavy atom. The van der Waals surface area contributed by atoms with Gasteiger partial charge in [0.25, 0.3) is 0 Å². The summed E-state index contributed by atoms with van der Waals surface area (Å²) in [6, 6.07) is 33.2. The lowest BCUT2D eigenvalue weighted by Gasteiger charge is -2.01. The van der Waals surface area contributed by atoms with E-state index in [-0.39, 0.29) is 0 Å². The highest BCUT2D eigenvalue weighted by Gasteiger charge is 2.20. The number of aliphatic imine (C=N–C) groups is 2. The molecule has 4 heterocycles. The molecule has 0 saturated heterocycles. The standard InChI is InChI=1S/2C17H13N3.3C4H4O4/c2*1-3-13-4-2-6-15-16(13)14(5-1)17(20-15)19-11-12-7-9-18-10-8-12;3*5-3(6)1-2-4(7)8/h2*1-10H,11H2,(H,19,20);3*1-2H,(H,5,6)(H,7,8)/b;;3*2-1+. The predicted octanol–water partition coefficient (Wildman–Crippen LogP) is 6.35. The minimum Gasteiger partial charge on any atom is -0.478 e. The van der Waals surface area contributed by atoms with E-state index in [1.165, 1.54) is 32.7 Å². The fourth-order valence-electron chi connectivity index (χ4n) is 5.67. The summed E-state index contributed by atoms with van der Waals surface area (Å²) in [6.45, 7) is 1.32. The topological polar surface area (TPSA) is 298 Å². The van der Waals surface area contributed by atoms with Gasteiger partial charge in [0.15, 0.2) is 0 Å². The molecule has 8 rings (SSSR count). The van der Waals surface area contributed by atoms with Gasteiger partial charge in [-0.25, -0.2) is 28.8 Å². The number of aromatic nitrogens is 2. The molecule has 0 bridgehead atoms. The maximum atomic E-state index is 9.55. The van der Waals surface area contributed by atoms with Crippen LogP contribution in [0.2, 0.25) is 0 Å². The molecule has 18 heteroatoms. The van der Waals surface area contributed by atoms with Crippen LogP contribution < -0.4 is 10.6 Å². The molecular formula is C46H38N6O12. The first-order valence-corrected chi connectivity index (χ1v) is 18.6. The third-order valence-corrected chi connectivity index (χ3v) is 8.27. The van der Waals surface area contributed by atoms with Crippen molar-refractivity contribution >= 4 is 80.4 Å². The summed E-state index contributed by atoms with van der Waals surface area (Å²) in [5.41, 5.74) is 6.99. The SMILES string of the molecule is O=C(O)/C=C/C(=O)O.O=C(O)/C=C/C(=O)O.O=C(O)/C=C/C(=O)O.c1cc2c3c(cccc3c1)C(=NCc1ccncc1)N2.c1cc2c3c(cccc3c1)C(=NCc1ccncc1)N2. The van der Waals surface area contributed by atoms with Crippen molar-refractivity contribution in [1.82, 2.24) is 9.97 Å². The predicted molar refractivity (Wildman–Crippen MR) is 237 cm³/mol. The first kappa shape index (κ1) is 47.4. The maximum absolute atomic E-state index is 9.55. The Kier molecular flexibility index (Phi) is 17.8. The highest BCUT2D eigenvalue weighted by molar-refractivity contribution is 6.26. The second-order valence-electron chi connectivity index (χ2n) is 12.7. The molecule has 0 fully saturated rings. The van der Waals surface area contributed by atoms with E-state index < -0.39 is 35.8 Å². The van der Waals surface area contributed by atoms with Gasteiger partial charge in [-0.2, -0.15) is 0 Å². The van der Waals surface area contributed by atoms with Crippen LogP contribution >= 0.6 is 0 Å². The number of hydrogen-bond donors (Lipinski definition) is 8. The average Bonchev–Trinajstić information content (AvgIpc) is 3.84. The molecule has 2 aliphatic heterocycles. The summed E-state index contributed by atoms with van der Waals surface area (Å²) < 4.78 is 0. The van der Waals surface area contributed by atoms with E-state index >= 15 is 0 Å². The first-order chi connectivity index (χ1) is 30.7. The van der Waals surface area contributed by atoms with Crippen LogP contribution in [-0.2, 0) is 41.9 Å². The minimum absolute atomic E-state index is 0.558. The van der Waals surface area contributed by atoms with Crippen LogP contribution in [0, 0.1) is 0 Å². The van der Waals surface area contributed by atoms with Gasteiger partial charge in [0.1, 0.15) is 11.7 Å². The molecule has 0 saturated carbocycles. The summed E-state index contributed by atoms with van der Waals surface area (Å²) in [5.74, 6) is -5.64. The molecular weight excluding hydrogens is 829 g/mol. The summed E-state index contributed by atoms with van der Waals surface area (Å²) in [4.78, 5) is 74.8. The third kappa shape index (κ3) is 15.4. The maximum Gasteiger partial charge on any atom is 0.328 e. The van der Waals surface area contributed by atoms with E-state index in [0.717, 1.165) is 34.2 Å². The minimum atomic E-state index is -1.26. The number of rotatable bonds is 10. The zero-order chi connectivity index (χ0) is 46.4. The van der Waals surface area contributed by atoms with E-state index in [9.17, 15) is 28.8 Å². The second kappa shape index (κ2) is 24.1. The molecule has 0 atom stereocenters. The van der Waals surface area contributed by atoms with Gasteiger partial charge in [-0.1, -0.05) is 60.7 Å². The van der Waals surface area contributed by atoms with Crippen LogP contribution in [0.5, 0.6) is 0 Å². The quantitative estimate of drug-likeness (QED) is 0.0696. The zero-order valence-corrected chi connectivity index (χ0v) is 33.3. The number of carbonyl (C=O) groups is 6. The van der Waals surface area contributed by atoms with Gasteiger partial charge in [0, 0.05) is 94.5 Å². The van der Waals surface area contributed by atoms with E-state index in [4.69, 9.17) is 40.6 Å². The van der Waals surface area contributed by atoms with E-state index in [1.54, 1.807) is 24.8 Å². The fraction of sp³-hybridized carbons (Fsp3) is 0.0435. The smallest absolute Gasteiger partial charge is 0.328 e. The van der Waals surface area contributed by atoms with E-state index in [2.05, 4.69) is 93.4 Å². The Morgan fingerprint density at radius 1 is 0.422 bits per heavy atom. The third-order valence-electron chi connectivity index (χ3n) is 8.27. The van der Waals surface area contributed by atoms with Gasteiger partial charge in [0.2, 0.25) is 0 Å². The Morgan fingerprint density at radius 2 is 0.703 bits per heavy atom. The van der Waals surface area contributed by atoms with Crippen LogP contribution in [0.25, 0.3) is 21.5 Å². The van der Waals surface area contributed by atoms with Gasteiger partial charge < -0.3 is 41.3 Å². The van der Waals surface area contributed by atoms with Gasteiger partial charge in [-0.05, 0) is 58.3 Å². The summed E-state index contributed by atoms with van der Waals surface area (Å²) >= 11 is 0. The normalized spacial score (nSPS) is 12.8. The van der Waals surface area contributed by atoms with Crippen molar-refractivity contribution in [2.24, 2.45) is 9.98 Å². The average molecular weight is 867 g/mol. The molecule has 0 radical (unpaired) electrons. The van der Waals surface area contributed by atoms with Crippen molar-refractivity contribution in [3.63, 3.8) is 0 Å². The van der Waals surface area contributed by atoms with Crippen molar-refractivity contribution in [2.45, 2.75) is 13.1 Å². The molecule has 4 aromatic carbocycles. The van der Waals surface area contributed by atoms with Crippen molar-refractivity contribution in [3.05, 3.63) is 181 Å². The number of carboxylic acids is 6. The number of amidine groups is 2. The number of hydrogen-bond acceptors (Lipinski definition) is 10. The number of nitrogens with one attached hydrogen (secondary N) is 2. The van der Waals surface area contributed by atoms with Crippen molar-refractivity contribution in [3.8, 4) is 0 Å². The molecule has 0 spiro atoms. The van der Waals surface area contributed by atoms with Crippen LogP contribution in [0.3, 0.4) is 0 Å². The highest BCUT2D eigenvalue weighted by atomic mass is 16.4. The Bertz CT molecular complexity index is 2530. The van der Waals surface area contributed by atoms with Crippen LogP contribution in [0.4, 0.5) is 11.4 Å². The number of benzene rings is 4. The lowest BCUT2D eigenvalue weighted by molar-refractivity contribution is -0.134. The molecule has 2 aromatic heterocycles. The molecule has 0 aliphatic carbocycles. The van der Waals surface area contributed by atoms with Crippen molar-refractivity contribution in [1.29, 1.82) is 0 Å². The first-order valence-electron chi connectivity index (χ1n) is 18.6. The molecule has 8 N–H and O–H groups in total. The summed E-state index contributed by atoms with van der Waals surface area (Å²) in [6.07, 6.45) is 10.5. The summed E-state index contributed by atoms with van der Waals surface area (Å²) in [5, 5.41) is 58.7. The number of nitrogens with zero attached hydrogens (tertiary/aromatic N) is 4. The Labute approximate surface area is 363 Å². The van der Waals surface area contributed by atoms with Gasteiger partial charge >= 0.3 is 35.8 Å². The fourth-order valence-corrected chi connectivity index (χ4v) is 5.67. The molecule has 18 nitrogen and oxygen atoms in total. The summed E-state index contributed by atoms with van der Waals surface area (Å²) in [7, 11) is 0. The Balaban J connectivity index is 0.000000190. The van der Waals surface area contributed by atoms with Crippen molar-refractivity contribution < 1.29 is 59.4 Å². The molecule has 324 valence electrons. The number of aliphatic carboxylic acids is 6. The lowest BCUT2D eigenvalue weighted by atomic mass is 10.1. The largest absolute Gasteiger partial charge is 0.478 e. The van der Waals surface area contributed by atoms with Gasteiger partial charge in [-0.15, -0.1) is 0 Å². The Hall–Kier alpha value is -9.32. The van der Waals surface area contributed by atoms with E-state index in [0.29, 0.717) is 49.5 Å². The number of carboxylic acid groups (broad SMARTS) is 6. The van der Waals surface area contributed by atoms with E-state index in [1.807, 2.05) is 24.3 Å². The molecule has 0 unspecified atom stereocenters. The van der Waals surface area contributed by atoms with Crippen molar-refractivity contribution in [2.75, 3.05) is 10.6 Å². The number of anilines is 2. The lowest BCUT2D eigenvalue weighted by Crippen LogP contribution is -2.07. The second-order valence-corrected chi connectivity index (χ2v) is 12.7. The van der Waals surface area contributed by atoms with Gasteiger partial charge in [0.05, 0.1) is 13.1 Å². The molecule has 0 amide bonds. The van der Waals surface area contributed by atoms with Crippen LogP contribution in [-0.4, -0.2) is 88.1 Å². The van der Waals surface area contributed by atoms with Crippen LogP contribution in [0.15, 0.2) is 168 Å². The van der Waals surface area contributed by atoms with Gasteiger partial charge in [-0.3, -0.25) is 20.0 Å². The number of pyridine rings is 2. The zero-order valence-electron chi connectivity index (χ0n) is 33.3.